The molecule has 4 heteroatoms. The molecule has 1 unspecified atom stereocenters. The predicted octanol–water partition coefficient (Wildman–Crippen LogP) is 12.1. The quantitative estimate of drug-likeness (QED) is 0.146. The van der Waals surface area contributed by atoms with Crippen LogP contribution in [0.2, 0.25) is 0 Å². The van der Waals surface area contributed by atoms with Gasteiger partial charge in [-0.15, -0.1) is 0 Å². The summed E-state index contributed by atoms with van der Waals surface area (Å²) in [5.74, 6) is 0.484. The Morgan fingerprint density at radius 1 is 0.596 bits per heavy atom. The fraction of sp³-hybridized carbons (Fsp3) is 0.104. The first-order valence-corrected chi connectivity index (χ1v) is 18.2. The van der Waals surface area contributed by atoms with E-state index in [0.717, 1.165) is 73.4 Å². The van der Waals surface area contributed by atoms with Gasteiger partial charge < -0.3 is 14.6 Å². The van der Waals surface area contributed by atoms with Gasteiger partial charge in [-0.05, 0) is 117 Å². The standard InChI is InChI=1S/C48H34N2O2/c49-48(31-8-2-1-3-9-31)50-47(33-21-25-41-38(27-33)35-12-4-5-14-40(35)51-41)37-13-7-15-43-46(37)39-26-32(20-24-42(39)52-43)34-22-18-30-17-16-28-10-6-11-29-19-23-36(34)45(30)44(28)29/h1-5,7-9,12-16,18-27,47H,6,10-11,17H2,(H2,49,50). The molecule has 11 rings (SSSR count). The number of hydrogen-bond acceptors (Lipinski definition) is 3. The Balaban J connectivity index is 1.13. The van der Waals surface area contributed by atoms with E-state index >= 15 is 0 Å². The number of aliphatic imine (C=N–C) groups is 1. The van der Waals surface area contributed by atoms with Crippen molar-refractivity contribution in [2.75, 3.05) is 0 Å². The molecule has 9 aromatic rings. The Bertz CT molecular complexity index is 2980. The van der Waals surface area contributed by atoms with Crippen molar-refractivity contribution in [3.8, 4) is 11.1 Å². The summed E-state index contributed by atoms with van der Waals surface area (Å²) in [5, 5.41) is 7.03. The number of benzene rings is 7. The van der Waals surface area contributed by atoms with Crippen LogP contribution in [0.5, 0.6) is 0 Å². The molecule has 2 N–H and O–H groups in total. The van der Waals surface area contributed by atoms with Crippen molar-refractivity contribution in [1.82, 2.24) is 0 Å². The molecule has 248 valence electrons. The highest BCUT2D eigenvalue weighted by Gasteiger charge is 2.25. The largest absolute Gasteiger partial charge is 0.456 e. The number of aryl methyl sites for hydroxylation is 1. The summed E-state index contributed by atoms with van der Waals surface area (Å²) in [6.45, 7) is 0. The molecular formula is C48H34N2O2. The molecule has 0 bridgehead atoms. The van der Waals surface area contributed by atoms with Crippen molar-refractivity contribution in [2.45, 2.75) is 31.7 Å². The number of para-hydroxylation sites is 1. The summed E-state index contributed by atoms with van der Waals surface area (Å²) in [4.78, 5) is 5.30. The lowest BCUT2D eigenvalue weighted by molar-refractivity contribution is 0.667. The molecule has 0 spiro atoms. The molecule has 2 aliphatic carbocycles. The van der Waals surface area contributed by atoms with Crippen molar-refractivity contribution >= 4 is 66.1 Å². The zero-order chi connectivity index (χ0) is 34.3. The van der Waals surface area contributed by atoms with Gasteiger partial charge in [-0.25, -0.2) is 0 Å². The number of allylic oxidation sites excluding steroid dienone is 2. The minimum Gasteiger partial charge on any atom is -0.456 e. The van der Waals surface area contributed by atoms with E-state index in [0.29, 0.717) is 5.84 Å². The van der Waals surface area contributed by atoms with Gasteiger partial charge in [0.25, 0.3) is 0 Å². The average molecular weight is 671 g/mol. The number of nitrogens with zero attached hydrogens (tertiary/aromatic N) is 1. The van der Waals surface area contributed by atoms with E-state index in [9.17, 15) is 0 Å². The van der Waals surface area contributed by atoms with E-state index in [-0.39, 0.29) is 0 Å². The number of amidine groups is 1. The molecule has 7 aromatic carbocycles. The second-order valence-corrected chi connectivity index (χ2v) is 14.3. The van der Waals surface area contributed by atoms with E-state index in [2.05, 4.69) is 97.1 Å². The summed E-state index contributed by atoms with van der Waals surface area (Å²) >= 11 is 0. The van der Waals surface area contributed by atoms with E-state index in [4.69, 9.17) is 19.6 Å². The third kappa shape index (κ3) is 4.44. The highest BCUT2D eigenvalue weighted by molar-refractivity contribution is 6.12. The Hall–Kier alpha value is -6.39. The maximum Gasteiger partial charge on any atom is 0.135 e. The maximum absolute atomic E-state index is 6.82. The normalized spacial score (nSPS) is 14.8. The topological polar surface area (TPSA) is 64.7 Å². The number of hydrogen-bond donors (Lipinski definition) is 1. The van der Waals surface area contributed by atoms with Gasteiger partial charge in [0.2, 0.25) is 0 Å². The molecule has 2 aliphatic rings. The smallest absolute Gasteiger partial charge is 0.135 e. The van der Waals surface area contributed by atoms with E-state index in [1.165, 1.54) is 57.0 Å². The first-order chi connectivity index (χ1) is 25.7. The summed E-state index contributed by atoms with van der Waals surface area (Å²) in [7, 11) is 0. The van der Waals surface area contributed by atoms with Crippen LogP contribution in [0.1, 0.15) is 52.3 Å². The molecular weight excluding hydrogens is 637 g/mol. The monoisotopic (exact) mass is 670 g/mol. The minimum atomic E-state index is -0.402. The Kier molecular flexibility index (Phi) is 6.38. The van der Waals surface area contributed by atoms with E-state index in [1.807, 2.05) is 42.5 Å². The first kappa shape index (κ1) is 29.4. The maximum atomic E-state index is 6.82. The third-order valence-corrected chi connectivity index (χ3v) is 11.3. The van der Waals surface area contributed by atoms with Crippen LogP contribution in [0.4, 0.5) is 0 Å². The molecule has 0 saturated heterocycles. The van der Waals surface area contributed by atoms with Gasteiger partial charge in [-0.3, -0.25) is 4.99 Å². The van der Waals surface area contributed by atoms with Gasteiger partial charge >= 0.3 is 0 Å². The number of rotatable bonds is 5. The van der Waals surface area contributed by atoms with Crippen LogP contribution in [0, 0.1) is 0 Å². The molecule has 0 saturated carbocycles. The van der Waals surface area contributed by atoms with Crippen LogP contribution in [-0.2, 0) is 12.8 Å². The summed E-state index contributed by atoms with van der Waals surface area (Å²) in [5.41, 5.74) is 21.5. The molecule has 4 nitrogen and oxygen atoms in total. The second-order valence-electron chi connectivity index (χ2n) is 14.3. The Labute approximate surface area is 300 Å². The molecule has 1 atom stereocenters. The average Bonchev–Trinajstić information content (AvgIpc) is 3.77. The van der Waals surface area contributed by atoms with Gasteiger partial charge in [0, 0.05) is 27.1 Å². The SMILES string of the molecule is NC(=NC(c1ccc2oc3ccccc3c2c1)c1cccc2oc3ccc(-c4ccc5c6c7c(ccc46)CCCC7=CC5)cc3c12)c1ccccc1. The molecule has 2 aromatic heterocycles. The fourth-order valence-corrected chi connectivity index (χ4v) is 8.90. The highest BCUT2D eigenvalue weighted by Crippen LogP contribution is 2.45. The summed E-state index contributed by atoms with van der Waals surface area (Å²) in [6.07, 6.45) is 7.03. The number of fused-ring (bicyclic) bond motifs is 6. The number of nitrogens with two attached hydrogens (primary N) is 1. The zero-order valence-electron chi connectivity index (χ0n) is 28.5. The van der Waals surface area contributed by atoms with E-state index in [1.54, 1.807) is 0 Å². The Morgan fingerprint density at radius 3 is 2.33 bits per heavy atom. The zero-order valence-corrected chi connectivity index (χ0v) is 28.5. The lowest BCUT2D eigenvalue weighted by atomic mass is 9.77. The third-order valence-electron chi connectivity index (χ3n) is 11.3. The lowest BCUT2D eigenvalue weighted by Gasteiger charge is -2.27. The first-order valence-electron chi connectivity index (χ1n) is 18.2. The highest BCUT2D eigenvalue weighted by atomic mass is 16.3. The fourth-order valence-electron chi connectivity index (χ4n) is 8.90. The van der Waals surface area contributed by atoms with Crippen LogP contribution in [-0.4, -0.2) is 5.84 Å². The van der Waals surface area contributed by atoms with Crippen molar-refractivity contribution in [3.05, 3.63) is 173 Å². The molecule has 0 fully saturated rings. The second kappa shape index (κ2) is 11.3. The molecule has 0 aliphatic heterocycles. The molecule has 0 amide bonds. The minimum absolute atomic E-state index is 0.402. The van der Waals surface area contributed by atoms with Crippen LogP contribution < -0.4 is 5.73 Å². The van der Waals surface area contributed by atoms with Gasteiger partial charge in [-0.2, -0.15) is 0 Å². The van der Waals surface area contributed by atoms with Gasteiger partial charge in [0.05, 0.1) is 0 Å². The Morgan fingerprint density at radius 2 is 1.38 bits per heavy atom. The molecule has 2 heterocycles. The van der Waals surface area contributed by atoms with Crippen molar-refractivity contribution < 1.29 is 8.83 Å². The summed E-state index contributed by atoms with van der Waals surface area (Å²) in [6, 6.07) is 46.5. The van der Waals surface area contributed by atoms with Crippen molar-refractivity contribution in [1.29, 1.82) is 0 Å². The van der Waals surface area contributed by atoms with Crippen LogP contribution in [0.15, 0.2) is 153 Å². The van der Waals surface area contributed by atoms with Gasteiger partial charge in [-0.1, -0.05) is 103 Å². The van der Waals surface area contributed by atoms with Crippen molar-refractivity contribution in [2.24, 2.45) is 10.7 Å². The van der Waals surface area contributed by atoms with E-state index < -0.39 is 6.04 Å². The van der Waals surface area contributed by atoms with Gasteiger partial charge in [0.1, 0.15) is 34.2 Å². The van der Waals surface area contributed by atoms with Gasteiger partial charge in [0.15, 0.2) is 0 Å². The molecule has 52 heavy (non-hydrogen) atoms. The number of furan rings is 2. The van der Waals surface area contributed by atoms with Crippen LogP contribution in [0.25, 0.3) is 71.3 Å². The lowest BCUT2D eigenvalue weighted by Crippen LogP contribution is -2.15. The summed E-state index contributed by atoms with van der Waals surface area (Å²) < 4.78 is 12.8. The van der Waals surface area contributed by atoms with Crippen LogP contribution in [0.3, 0.4) is 0 Å². The van der Waals surface area contributed by atoms with Crippen molar-refractivity contribution in [3.63, 3.8) is 0 Å². The predicted molar refractivity (Wildman–Crippen MR) is 214 cm³/mol. The molecule has 0 radical (unpaired) electrons. The van der Waals surface area contributed by atoms with Crippen LogP contribution >= 0.6 is 0 Å².